The predicted molar refractivity (Wildman–Crippen MR) is 63.5 cm³/mol. The number of nitrogens with one attached hydrogen (secondary N) is 2. The van der Waals surface area contributed by atoms with Crippen LogP contribution in [0.1, 0.15) is 18.5 Å². The minimum absolute atomic E-state index is 0.185. The van der Waals surface area contributed by atoms with Crippen molar-refractivity contribution in [2.75, 3.05) is 19.3 Å². The van der Waals surface area contributed by atoms with Crippen LogP contribution in [-0.4, -0.2) is 32.7 Å². The highest BCUT2D eigenvalue weighted by Crippen LogP contribution is 2.08. The monoisotopic (exact) mass is 243 g/mol. The van der Waals surface area contributed by atoms with Gasteiger partial charge in [-0.2, -0.15) is 0 Å². The maximum Gasteiger partial charge on any atom is 0.208 e. The maximum absolute atomic E-state index is 10.8. The van der Waals surface area contributed by atoms with Gasteiger partial charge in [0.05, 0.1) is 6.26 Å². The second kappa shape index (κ2) is 5.93. The molecule has 1 heterocycles. The van der Waals surface area contributed by atoms with E-state index in [-0.39, 0.29) is 6.04 Å². The van der Waals surface area contributed by atoms with Crippen molar-refractivity contribution < 1.29 is 8.42 Å². The lowest BCUT2D eigenvalue weighted by Crippen LogP contribution is -2.32. The summed E-state index contributed by atoms with van der Waals surface area (Å²) in [6.45, 7) is 3.01. The zero-order valence-corrected chi connectivity index (χ0v) is 10.3. The van der Waals surface area contributed by atoms with E-state index >= 15 is 0 Å². The second-order valence-corrected chi connectivity index (χ2v) is 5.46. The van der Waals surface area contributed by atoms with Crippen molar-refractivity contribution in [2.24, 2.45) is 0 Å². The summed E-state index contributed by atoms with van der Waals surface area (Å²) in [7, 11) is -3.09. The van der Waals surface area contributed by atoms with Crippen LogP contribution in [0.2, 0.25) is 0 Å². The maximum atomic E-state index is 10.8. The normalized spacial score (nSPS) is 13.6. The van der Waals surface area contributed by atoms with Gasteiger partial charge in [0.1, 0.15) is 0 Å². The number of hydrogen-bond donors (Lipinski definition) is 2. The number of sulfonamides is 1. The van der Waals surface area contributed by atoms with Gasteiger partial charge in [-0.1, -0.05) is 0 Å². The summed E-state index contributed by atoms with van der Waals surface area (Å²) in [5.74, 6) is 0. The van der Waals surface area contributed by atoms with E-state index in [1.54, 1.807) is 12.4 Å². The lowest BCUT2D eigenvalue weighted by molar-refractivity contribution is 0.556. The van der Waals surface area contributed by atoms with Gasteiger partial charge in [0.15, 0.2) is 0 Å². The Morgan fingerprint density at radius 1 is 1.31 bits per heavy atom. The molecule has 1 unspecified atom stereocenters. The highest BCUT2D eigenvalue weighted by atomic mass is 32.2. The van der Waals surface area contributed by atoms with Crippen LogP contribution >= 0.6 is 0 Å². The molecule has 0 aliphatic heterocycles. The Hall–Kier alpha value is -0.980. The third kappa shape index (κ3) is 5.20. The minimum atomic E-state index is -3.09. The average Bonchev–Trinajstić information content (AvgIpc) is 2.24. The summed E-state index contributed by atoms with van der Waals surface area (Å²) >= 11 is 0. The molecular formula is C10H17N3O2S. The molecule has 5 nitrogen and oxygen atoms in total. The quantitative estimate of drug-likeness (QED) is 0.704. The largest absolute Gasteiger partial charge is 0.309 e. The van der Waals surface area contributed by atoms with Crippen LogP contribution in [0.4, 0.5) is 0 Å². The van der Waals surface area contributed by atoms with Crippen molar-refractivity contribution in [3.8, 4) is 0 Å². The molecule has 0 bridgehead atoms. The highest BCUT2D eigenvalue weighted by Gasteiger charge is 2.04. The van der Waals surface area contributed by atoms with Gasteiger partial charge >= 0.3 is 0 Å². The number of hydrogen-bond acceptors (Lipinski definition) is 4. The third-order valence-electron chi connectivity index (χ3n) is 2.15. The van der Waals surface area contributed by atoms with Crippen LogP contribution in [0.25, 0.3) is 0 Å². The Morgan fingerprint density at radius 2 is 1.94 bits per heavy atom. The molecule has 0 aliphatic rings. The standard InChI is InChI=1S/C10H17N3O2S/c1-9(10-3-5-11-6-4-10)12-7-8-13-16(2,14)15/h3-6,9,12-13H,7-8H2,1-2H3. The first-order valence-corrected chi connectivity index (χ1v) is 6.96. The van der Waals surface area contributed by atoms with Crippen molar-refractivity contribution in [1.82, 2.24) is 15.0 Å². The van der Waals surface area contributed by atoms with E-state index in [1.165, 1.54) is 0 Å². The third-order valence-corrected chi connectivity index (χ3v) is 2.87. The molecule has 0 aliphatic carbocycles. The SMILES string of the molecule is CC(NCCNS(C)(=O)=O)c1ccncc1. The minimum Gasteiger partial charge on any atom is -0.309 e. The summed E-state index contributed by atoms with van der Waals surface area (Å²) in [6.07, 6.45) is 4.63. The molecular weight excluding hydrogens is 226 g/mol. The molecule has 0 saturated heterocycles. The fourth-order valence-corrected chi connectivity index (χ4v) is 1.77. The first-order chi connectivity index (χ1) is 7.49. The fourth-order valence-electron chi connectivity index (χ4n) is 1.30. The van der Waals surface area contributed by atoms with Crippen molar-refractivity contribution in [1.29, 1.82) is 0 Å². The Bertz CT molecular complexity index is 405. The van der Waals surface area contributed by atoms with E-state index in [1.807, 2.05) is 19.1 Å². The molecule has 2 N–H and O–H groups in total. The second-order valence-electron chi connectivity index (χ2n) is 3.62. The summed E-state index contributed by atoms with van der Waals surface area (Å²) < 4.78 is 24.0. The van der Waals surface area contributed by atoms with Gasteiger partial charge in [-0.3, -0.25) is 4.98 Å². The lowest BCUT2D eigenvalue weighted by Gasteiger charge is -2.13. The van der Waals surface area contributed by atoms with Gasteiger partial charge in [-0.15, -0.1) is 0 Å². The zero-order chi connectivity index (χ0) is 12.0. The number of rotatable bonds is 6. The topological polar surface area (TPSA) is 71.1 Å². The van der Waals surface area contributed by atoms with Gasteiger partial charge in [0, 0.05) is 31.5 Å². The molecule has 0 radical (unpaired) electrons. The van der Waals surface area contributed by atoms with Crippen molar-refractivity contribution >= 4 is 10.0 Å². The molecule has 1 aromatic rings. The first kappa shape index (κ1) is 13.1. The van der Waals surface area contributed by atoms with E-state index in [2.05, 4.69) is 15.0 Å². The summed E-state index contributed by atoms with van der Waals surface area (Å²) in [6, 6.07) is 4.05. The number of nitrogens with zero attached hydrogens (tertiary/aromatic N) is 1. The molecule has 0 spiro atoms. The predicted octanol–water partition coefficient (Wildman–Crippen LogP) is 0.281. The molecule has 90 valence electrons. The number of pyridine rings is 1. The van der Waals surface area contributed by atoms with Crippen LogP contribution in [0.5, 0.6) is 0 Å². The van der Waals surface area contributed by atoms with Crippen molar-refractivity contribution in [3.63, 3.8) is 0 Å². The van der Waals surface area contributed by atoms with Crippen LogP contribution in [0.15, 0.2) is 24.5 Å². The molecule has 0 aromatic carbocycles. The first-order valence-electron chi connectivity index (χ1n) is 5.07. The summed E-state index contributed by atoms with van der Waals surface area (Å²) in [5, 5.41) is 3.22. The Balaban J connectivity index is 2.29. The fraction of sp³-hybridized carbons (Fsp3) is 0.500. The van der Waals surface area contributed by atoms with Crippen LogP contribution < -0.4 is 10.0 Å². The van der Waals surface area contributed by atoms with Gasteiger partial charge in [-0.25, -0.2) is 13.1 Å². The van der Waals surface area contributed by atoms with Crippen LogP contribution in [-0.2, 0) is 10.0 Å². The van der Waals surface area contributed by atoms with E-state index in [0.29, 0.717) is 13.1 Å². The summed E-state index contributed by atoms with van der Waals surface area (Å²) in [4.78, 5) is 3.94. The molecule has 0 amide bonds. The average molecular weight is 243 g/mol. The van der Waals surface area contributed by atoms with Gasteiger partial charge in [0.25, 0.3) is 0 Å². The Kier molecular flexibility index (Phi) is 4.85. The molecule has 1 rings (SSSR count). The molecule has 16 heavy (non-hydrogen) atoms. The molecule has 1 aromatic heterocycles. The van der Waals surface area contributed by atoms with E-state index in [4.69, 9.17) is 0 Å². The molecule has 6 heteroatoms. The van der Waals surface area contributed by atoms with Crippen molar-refractivity contribution in [2.45, 2.75) is 13.0 Å². The van der Waals surface area contributed by atoms with Crippen molar-refractivity contribution in [3.05, 3.63) is 30.1 Å². The Labute approximate surface area is 96.3 Å². The smallest absolute Gasteiger partial charge is 0.208 e. The van der Waals surface area contributed by atoms with E-state index in [9.17, 15) is 8.42 Å². The van der Waals surface area contributed by atoms with Gasteiger partial charge < -0.3 is 5.32 Å². The van der Waals surface area contributed by atoms with Gasteiger partial charge in [-0.05, 0) is 24.6 Å². The highest BCUT2D eigenvalue weighted by molar-refractivity contribution is 7.88. The molecule has 0 saturated carbocycles. The van der Waals surface area contributed by atoms with E-state index in [0.717, 1.165) is 11.8 Å². The van der Waals surface area contributed by atoms with Crippen LogP contribution in [0, 0.1) is 0 Å². The summed E-state index contributed by atoms with van der Waals surface area (Å²) in [5.41, 5.74) is 1.13. The Morgan fingerprint density at radius 3 is 2.50 bits per heavy atom. The lowest BCUT2D eigenvalue weighted by atomic mass is 10.1. The molecule has 1 atom stereocenters. The van der Waals surface area contributed by atoms with Gasteiger partial charge in [0.2, 0.25) is 10.0 Å². The number of aromatic nitrogens is 1. The zero-order valence-electron chi connectivity index (χ0n) is 9.47. The molecule has 0 fully saturated rings. The van der Waals surface area contributed by atoms with E-state index < -0.39 is 10.0 Å². The van der Waals surface area contributed by atoms with Crippen LogP contribution in [0.3, 0.4) is 0 Å².